The quantitative estimate of drug-likeness (QED) is 0.435. The molecule has 1 heterocycles. The molecule has 0 fully saturated rings. The van der Waals surface area contributed by atoms with Crippen molar-refractivity contribution in [3.8, 4) is 11.1 Å². The maximum Gasteiger partial charge on any atom is 0.149 e. The molecule has 100 valence electrons. The van der Waals surface area contributed by atoms with E-state index in [4.69, 9.17) is 0 Å². The molecule has 0 spiro atoms. The fourth-order valence-corrected chi connectivity index (χ4v) is 2.79. The first-order valence-corrected chi connectivity index (χ1v) is 6.87. The van der Waals surface area contributed by atoms with Gasteiger partial charge in [0.25, 0.3) is 0 Å². The summed E-state index contributed by atoms with van der Waals surface area (Å²) in [5.74, 6) is -0.282. The molecule has 0 atom stereocenters. The zero-order chi connectivity index (χ0) is 14.2. The van der Waals surface area contributed by atoms with Crippen molar-refractivity contribution < 1.29 is 4.39 Å². The number of nitrogens with zero attached hydrogens (tertiary/aromatic N) is 1. The summed E-state index contributed by atoms with van der Waals surface area (Å²) in [4.78, 5) is 4.49. The highest BCUT2D eigenvalue weighted by Gasteiger charge is 2.12. The van der Waals surface area contributed by atoms with Crippen LogP contribution in [0.2, 0.25) is 0 Å². The molecule has 0 amide bonds. The van der Waals surface area contributed by atoms with Crippen LogP contribution in [0.4, 0.5) is 4.39 Å². The van der Waals surface area contributed by atoms with Crippen LogP contribution >= 0.6 is 0 Å². The summed E-state index contributed by atoms with van der Waals surface area (Å²) in [5, 5.41) is 1.89. The van der Waals surface area contributed by atoms with Gasteiger partial charge in [-0.2, -0.15) is 0 Å². The zero-order valence-corrected chi connectivity index (χ0v) is 11.3. The summed E-state index contributed by atoms with van der Waals surface area (Å²) in [5.41, 5.74) is 3.35. The third kappa shape index (κ3) is 1.88. The second kappa shape index (κ2) is 4.67. The van der Waals surface area contributed by atoms with Crippen molar-refractivity contribution in [2.24, 2.45) is 0 Å². The Morgan fingerprint density at radius 1 is 0.667 bits per heavy atom. The van der Waals surface area contributed by atoms with Gasteiger partial charge in [-0.1, -0.05) is 60.7 Å². The van der Waals surface area contributed by atoms with Crippen LogP contribution in [0.3, 0.4) is 0 Å². The molecular formula is C19H12FN. The van der Waals surface area contributed by atoms with E-state index < -0.39 is 0 Å². The van der Waals surface area contributed by atoms with Crippen molar-refractivity contribution in [3.63, 3.8) is 0 Å². The van der Waals surface area contributed by atoms with E-state index in [1.807, 2.05) is 60.7 Å². The lowest BCUT2D eigenvalue weighted by atomic mass is 9.96. The van der Waals surface area contributed by atoms with Crippen molar-refractivity contribution >= 4 is 21.8 Å². The van der Waals surface area contributed by atoms with E-state index in [0.717, 1.165) is 27.4 Å². The molecule has 0 N–H and O–H groups in total. The van der Waals surface area contributed by atoms with E-state index in [2.05, 4.69) is 4.98 Å². The van der Waals surface area contributed by atoms with Gasteiger partial charge in [0.05, 0.1) is 5.52 Å². The van der Waals surface area contributed by atoms with Crippen LogP contribution in [0.5, 0.6) is 0 Å². The highest BCUT2D eigenvalue weighted by atomic mass is 19.1. The van der Waals surface area contributed by atoms with Gasteiger partial charge >= 0.3 is 0 Å². The minimum atomic E-state index is -0.282. The van der Waals surface area contributed by atoms with Crippen LogP contribution in [0.1, 0.15) is 0 Å². The average molecular weight is 273 g/mol. The average Bonchev–Trinajstić information content (AvgIpc) is 2.54. The molecular weight excluding hydrogens is 261 g/mol. The third-order valence-corrected chi connectivity index (χ3v) is 3.72. The van der Waals surface area contributed by atoms with Crippen molar-refractivity contribution in [2.75, 3.05) is 0 Å². The van der Waals surface area contributed by atoms with E-state index in [0.29, 0.717) is 5.52 Å². The SMILES string of the molecule is Fc1cccc2c(-c3ccccc3)c3ccccc3nc12. The minimum absolute atomic E-state index is 0.282. The van der Waals surface area contributed by atoms with Gasteiger partial charge in [0.1, 0.15) is 11.3 Å². The van der Waals surface area contributed by atoms with Crippen molar-refractivity contribution in [3.05, 3.63) is 78.6 Å². The van der Waals surface area contributed by atoms with Crippen molar-refractivity contribution in [1.29, 1.82) is 0 Å². The first-order valence-electron chi connectivity index (χ1n) is 6.87. The van der Waals surface area contributed by atoms with Gasteiger partial charge in [-0.05, 0) is 17.7 Å². The summed E-state index contributed by atoms with van der Waals surface area (Å²) in [6.45, 7) is 0. The molecule has 4 aromatic rings. The third-order valence-electron chi connectivity index (χ3n) is 3.72. The summed E-state index contributed by atoms with van der Waals surface area (Å²) in [6, 6.07) is 23.1. The molecule has 21 heavy (non-hydrogen) atoms. The summed E-state index contributed by atoms with van der Waals surface area (Å²) >= 11 is 0. The number of aromatic nitrogens is 1. The summed E-state index contributed by atoms with van der Waals surface area (Å²) in [7, 11) is 0. The molecule has 2 heteroatoms. The van der Waals surface area contributed by atoms with E-state index >= 15 is 0 Å². The van der Waals surface area contributed by atoms with E-state index in [1.54, 1.807) is 6.07 Å². The minimum Gasteiger partial charge on any atom is -0.245 e. The Kier molecular flexibility index (Phi) is 2.68. The summed E-state index contributed by atoms with van der Waals surface area (Å²) in [6.07, 6.45) is 0. The molecule has 1 nitrogen and oxygen atoms in total. The lowest BCUT2D eigenvalue weighted by Gasteiger charge is -2.11. The fraction of sp³-hybridized carbons (Fsp3) is 0. The van der Waals surface area contributed by atoms with Gasteiger partial charge in [0.2, 0.25) is 0 Å². The van der Waals surface area contributed by atoms with Crippen LogP contribution in [-0.2, 0) is 0 Å². The number of hydrogen-bond donors (Lipinski definition) is 0. The van der Waals surface area contributed by atoms with Crippen LogP contribution in [0.15, 0.2) is 72.8 Å². The Morgan fingerprint density at radius 3 is 2.24 bits per heavy atom. The monoisotopic (exact) mass is 273 g/mol. The molecule has 0 aliphatic carbocycles. The number of para-hydroxylation sites is 2. The lowest BCUT2D eigenvalue weighted by molar-refractivity contribution is 0.637. The Bertz CT molecular complexity index is 945. The predicted molar refractivity (Wildman–Crippen MR) is 84.6 cm³/mol. The molecule has 0 aliphatic rings. The molecule has 4 rings (SSSR count). The second-order valence-electron chi connectivity index (χ2n) is 5.01. The number of hydrogen-bond acceptors (Lipinski definition) is 1. The normalized spacial score (nSPS) is 11.1. The predicted octanol–water partition coefficient (Wildman–Crippen LogP) is 5.19. The van der Waals surface area contributed by atoms with Gasteiger partial charge in [-0.3, -0.25) is 0 Å². The summed E-state index contributed by atoms with van der Waals surface area (Å²) < 4.78 is 14.1. The first kappa shape index (κ1) is 12.0. The lowest BCUT2D eigenvalue weighted by Crippen LogP contribution is -1.91. The molecule has 3 aromatic carbocycles. The Labute approximate surface area is 121 Å². The van der Waals surface area contributed by atoms with Crippen molar-refractivity contribution in [1.82, 2.24) is 4.98 Å². The molecule has 0 saturated carbocycles. The van der Waals surface area contributed by atoms with E-state index in [-0.39, 0.29) is 5.82 Å². The highest BCUT2D eigenvalue weighted by molar-refractivity contribution is 6.09. The molecule has 0 aliphatic heterocycles. The van der Waals surface area contributed by atoms with Gasteiger partial charge < -0.3 is 0 Å². The molecule has 0 radical (unpaired) electrons. The first-order chi connectivity index (χ1) is 10.3. The van der Waals surface area contributed by atoms with Gasteiger partial charge in [0, 0.05) is 16.3 Å². The van der Waals surface area contributed by atoms with Crippen LogP contribution < -0.4 is 0 Å². The van der Waals surface area contributed by atoms with Crippen LogP contribution in [0, 0.1) is 5.82 Å². The molecule has 0 bridgehead atoms. The fourth-order valence-electron chi connectivity index (χ4n) is 2.79. The Hall–Kier alpha value is -2.74. The number of rotatable bonds is 1. The molecule has 1 aromatic heterocycles. The standard InChI is InChI=1S/C19H12FN/c20-16-11-6-10-15-18(13-7-2-1-3-8-13)14-9-4-5-12-17(14)21-19(15)16/h1-12H. The molecule has 0 unspecified atom stereocenters. The van der Waals surface area contributed by atoms with Gasteiger partial charge in [-0.25, -0.2) is 9.37 Å². The van der Waals surface area contributed by atoms with Gasteiger partial charge in [0.15, 0.2) is 0 Å². The Balaban J connectivity index is 2.26. The number of pyridine rings is 1. The molecule has 0 saturated heterocycles. The highest BCUT2D eigenvalue weighted by Crippen LogP contribution is 2.35. The largest absolute Gasteiger partial charge is 0.245 e. The van der Waals surface area contributed by atoms with Gasteiger partial charge in [-0.15, -0.1) is 0 Å². The smallest absolute Gasteiger partial charge is 0.149 e. The second-order valence-corrected chi connectivity index (χ2v) is 5.01. The maximum absolute atomic E-state index is 14.1. The number of fused-ring (bicyclic) bond motifs is 2. The van der Waals surface area contributed by atoms with E-state index in [9.17, 15) is 4.39 Å². The maximum atomic E-state index is 14.1. The van der Waals surface area contributed by atoms with Crippen LogP contribution in [0.25, 0.3) is 32.9 Å². The topological polar surface area (TPSA) is 12.9 Å². The van der Waals surface area contributed by atoms with Crippen molar-refractivity contribution in [2.45, 2.75) is 0 Å². The zero-order valence-electron chi connectivity index (χ0n) is 11.3. The van der Waals surface area contributed by atoms with Crippen LogP contribution in [-0.4, -0.2) is 4.98 Å². The van der Waals surface area contributed by atoms with E-state index in [1.165, 1.54) is 6.07 Å². The number of halogens is 1. The Morgan fingerprint density at radius 2 is 1.38 bits per heavy atom. The number of benzene rings is 3.